The van der Waals surface area contributed by atoms with E-state index in [2.05, 4.69) is 6.92 Å². The molecule has 100 valence electrons. The lowest BCUT2D eigenvalue weighted by atomic mass is 10.1. The zero-order valence-corrected chi connectivity index (χ0v) is 11.3. The smallest absolute Gasteiger partial charge is 0.124 e. The number of hydrogen-bond acceptors (Lipinski definition) is 2. The van der Waals surface area contributed by atoms with Gasteiger partial charge >= 0.3 is 0 Å². The zero-order chi connectivity index (χ0) is 13.5. The SMILES string of the molecule is CCCCCCCC=O.O=CCc1ccccc1. The molecule has 0 aliphatic carbocycles. The number of carbonyl (C=O) groups excluding carboxylic acids is 2. The van der Waals surface area contributed by atoms with E-state index in [0.717, 1.165) is 31.0 Å². The van der Waals surface area contributed by atoms with Gasteiger partial charge in [-0.05, 0) is 12.0 Å². The topological polar surface area (TPSA) is 34.1 Å². The Labute approximate surface area is 110 Å². The summed E-state index contributed by atoms with van der Waals surface area (Å²) in [5, 5.41) is 0. The van der Waals surface area contributed by atoms with E-state index in [9.17, 15) is 9.59 Å². The van der Waals surface area contributed by atoms with Crippen molar-refractivity contribution in [1.29, 1.82) is 0 Å². The van der Waals surface area contributed by atoms with Gasteiger partial charge in [-0.3, -0.25) is 0 Å². The third-order valence-corrected chi connectivity index (χ3v) is 2.59. The lowest BCUT2D eigenvalue weighted by molar-refractivity contribution is -0.108. The van der Waals surface area contributed by atoms with Gasteiger partial charge in [-0.1, -0.05) is 62.9 Å². The van der Waals surface area contributed by atoms with E-state index in [1.807, 2.05) is 30.3 Å². The molecule has 2 heteroatoms. The number of benzene rings is 1. The number of carbonyl (C=O) groups is 2. The summed E-state index contributed by atoms with van der Waals surface area (Å²) >= 11 is 0. The standard InChI is InChI=1S/C8H8O.C8H16O/c9-7-6-8-4-2-1-3-5-8;1-2-3-4-5-6-7-8-9/h1-5,7H,6H2;8H,2-7H2,1H3. The Balaban J connectivity index is 0.000000321. The molecule has 0 saturated carbocycles. The molecule has 0 bridgehead atoms. The lowest BCUT2D eigenvalue weighted by Crippen LogP contribution is -1.82. The Hall–Kier alpha value is -1.44. The first-order chi connectivity index (χ1) is 8.85. The maximum absolute atomic E-state index is 9.97. The highest BCUT2D eigenvalue weighted by atomic mass is 16.1. The van der Waals surface area contributed by atoms with Gasteiger partial charge in [0.15, 0.2) is 0 Å². The van der Waals surface area contributed by atoms with Gasteiger partial charge in [0, 0.05) is 12.8 Å². The van der Waals surface area contributed by atoms with Crippen molar-refractivity contribution in [1.82, 2.24) is 0 Å². The van der Waals surface area contributed by atoms with E-state index < -0.39 is 0 Å². The van der Waals surface area contributed by atoms with Gasteiger partial charge in [-0.25, -0.2) is 0 Å². The van der Waals surface area contributed by atoms with Crippen LogP contribution in [0.4, 0.5) is 0 Å². The van der Waals surface area contributed by atoms with Crippen LogP contribution in [-0.2, 0) is 16.0 Å². The van der Waals surface area contributed by atoms with Gasteiger partial charge in [0.05, 0.1) is 0 Å². The fourth-order valence-electron chi connectivity index (χ4n) is 1.54. The zero-order valence-electron chi connectivity index (χ0n) is 11.3. The maximum Gasteiger partial charge on any atom is 0.124 e. The van der Waals surface area contributed by atoms with Crippen LogP contribution in [0.3, 0.4) is 0 Å². The van der Waals surface area contributed by atoms with Gasteiger partial charge in [0.1, 0.15) is 12.6 Å². The molecular formula is C16H24O2. The quantitative estimate of drug-likeness (QED) is 0.515. The van der Waals surface area contributed by atoms with Gasteiger partial charge in [0.25, 0.3) is 0 Å². The second-order valence-corrected chi connectivity index (χ2v) is 4.23. The molecule has 0 N–H and O–H groups in total. The second kappa shape index (κ2) is 13.6. The predicted molar refractivity (Wildman–Crippen MR) is 75.7 cm³/mol. The normalized spacial score (nSPS) is 9.17. The van der Waals surface area contributed by atoms with Crippen molar-refractivity contribution in [2.75, 3.05) is 0 Å². The average Bonchev–Trinajstić information content (AvgIpc) is 2.41. The largest absolute Gasteiger partial charge is 0.303 e. The summed E-state index contributed by atoms with van der Waals surface area (Å²) in [5.41, 5.74) is 1.08. The van der Waals surface area contributed by atoms with Crippen molar-refractivity contribution in [3.8, 4) is 0 Å². The first-order valence-electron chi connectivity index (χ1n) is 6.76. The van der Waals surface area contributed by atoms with Crippen molar-refractivity contribution >= 4 is 12.6 Å². The predicted octanol–water partition coefficient (Wildman–Crippen LogP) is 3.97. The molecule has 18 heavy (non-hydrogen) atoms. The van der Waals surface area contributed by atoms with Crippen LogP contribution in [0.1, 0.15) is 51.0 Å². The Morgan fingerprint density at radius 2 is 1.56 bits per heavy atom. The molecular weight excluding hydrogens is 224 g/mol. The molecule has 0 unspecified atom stereocenters. The van der Waals surface area contributed by atoms with Crippen LogP contribution in [0, 0.1) is 0 Å². The summed E-state index contributed by atoms with van der Waals surface area (Å²) in [6.07, 6.45) is 9.41. The Bertz CT molecular complexity index is 293. The fourth-order valence-corrected chi connectivity index (χ4v) is 1.54. The number of aldehydes is 2. The van der Waals surface area contributed by atoms with Crippen LogP contribution in [0.2, 0.25) is 0 Å². The highest BCUT2D eigenvalue weighted by molar-refractivity contribution is 5.54. The molecule has 0 saturated heterocycles. The number of unbranched alkanes of at least 4 members (excludes halogenated alkanes) is 5. The van der Waals surface area contributed by atoms with E-state index in [-0.39, 0.29) is 0 Å². The Morgan fingerprint density at radius 1 is 0.889 bits per heavy atom. The molecule has 0 aliphatic heterocycles. The van der Waals surface area contributed by atoms with Crippen molar-refractivity contribution < 1.29 is 9.59 Å². The molecule has 0 aliphatic rings. The Morgan fingerprint density at radius 3 is 2.11 bits per heavy atom. The number of hydrogen-bond donors (Lipinski definition) is 0. The first kappa shape index (κ1) is 16.6. The van der Waals surface area contributed by atoms with Gasteiger partial charge in [-0.2, -0.15) is 0 Å². The van der Waals surface area contributed by atoms with Gasteiger partial charge in [0.2, 0.25) is 0 Å². The third-order valence-electron chi connectivity index (χ3n) is 2.59. The van der Waals surface area contributed by atoms with E-state index in [1.54, 1.807) is 0 Å². The molecule has 0 heterocycles. The third kappa shape index (κ3) is 11.1. The van der Waals surface area contributed by atoms with Crippen molar-refractivity contribution in [2.45, 2.75) is 51.9 Å². The van der Waals surface area contributed by atoms with Crippen LogP contribution in [-0.4, -0.2) is 12.6 Å². The average molecular weight is 248 g/mol. The molecule has 0 atom stereocenters. The summed E-state index contributed by atoms with van der Waals surface area (Å²) in [7, 11) is 0. The molecule has 1 rings (SSSR count). The summed E-state index contributed by atoms with van der Waals surface area (Å²) in [5.74, 6) is 0. The number of rotatable bonds is 8. The molecule has 1 aromatic rings. The molecule has 0 radical (unpaired) electrons. The lowest BCUT2D eigenvalue weighted by Gasteiger charge is -1.93. The highest BCUT2D eigenvalue weighted by Gasteiger charge is 1.86. The molecule has 1 aromatic carbocycles. The summed E-state index contributed by atoms with van der Waals surface area (Å²) in [4.78, 5) is 19.8. The minimum atomic E-state index is 0.529. The van der Waals surface area contributed by atoms with E-state index in [0.29, 0.717) is 6.42 Å². The molecule has 0 aromatic heterocycles. The van der Waals surface area contributed by atoms with E-state index in [4.69, 9.17) is 0 Å². The Kier molecular flexibility index (Phi) is 12.5. The van der Waals surface area contributed by atoms with Crippen molar-refractivity contribution in [3.05, 3.63) is 35.9 Å². The maximum atomic E-state index is 9.97. The molecule has 0 fully saturated rings. The molecule has 0 amide bonds. The highest BCUT2D eigenvalue weighted by Crippen LogP contribution is 2.02. The van der Waals surface area contributed by atoms with E-state index in [1.165, 1.54) is 25.7 Å². The van der Waals surface area contributed by atoms with Crippen LogP contribution in [0.25, 0.3) is 0 Å². The van der Waals surface area contributed by atoms with Crippen LogP contribution >= 0.6 is 0 Å². The van der Waals surface area contributed by atoms with Crippen molar-refractivity contribution in [2.24, 2.45) is 0 Å². The first-order valence-corrected chi connectivity index (χ1v) is 6.76. The van der Waals surface area contributed by atoms with Crippen LogP contribution in [0.5, 0.6) is 0 Å². The second-order valence-electron chi connectivity index (χ2n) is 4.23. The van der Waals surface area contributed by atoms with Crippen molar-refractivity contribution in [3.63, 3.8) is 0 Å². The molecule has 2 nitrogen and oxygen atoms in total. The fraction of sp³-hybridized carbons (Fsp3) is 0.500. The monoisotopic (exact) mass is 248 g/mol. The molecule has 0 spiro atoms. The minimum Gasteiger partial charge on any atom is -0.303 e. The summed E-state index contributed by atoms with van der Waals surface area (Å²) < 4.78 is 0. The summed E-state index contributed by atoms with van der Waals surface area (Å²) in [6.45, 7) is 2.19. The summed E-state index contributed by atoms with van der Waals surface area (Å²) in [6, 6.07) is 9.68. The van der Waals surface area contributed by atoms with Crippen LogP contribution < -0.4 is 0 Å². The van der Waals surface area contributed by atoms with Gasteiger partial charge in [-0.15, -0.1) is 0 Å². The van der Waals surface area contributed by atoms with E-state index >= 15 is 0 Å². The van der Waals surface area contributed by atoms with Gasteiger partial charge < -0.3 is 9.59 Å². The van der Waals surface area contributed by atoms with Crippen LogP contribution in [0.15, 0.2) is 30.3 Å². The minimum absolute atomic E-state index is 0.529.